The van der Waals surface area contributed by atoms with E-state index >= 15 is 0 Å². The molecule has 0 spiro atoms. The molecular weight excluding hydrogens is 357 g/mol. The minimum Gasteiger partial charge on any atom is -0.394 e. The van der Waals surface area contributed by atoms with E-state index in [9.17, 15) is 9.50 Å². The van der Waals surface area contributed by atoms with Crippen LogP contribution in [0.5, 0.6) is 0 Å². The molecule has 1 aromatic carbocycles. The van der Waals surface area contributed by atoms with E-state index in [1.807, 2.05) is 32.0 Å². The van der Waals surface area contributed by atoms with E-state index in [0.29, 0.717) is 23.0 Å². The Hall–Kier alpha value is -3.06. The molecule has 3 rings (SSSR count). The summed E-state index contributed by atoms with van der Waals surface area (Å²) >= 11 is 0. The van der Waals surface area contributed by atoms with Crippen molar-refractivity contribution in [3.63, 3.8) is 0 Å². The molecule has 0 unspecified atom stereocenters. The Morgan fingerprint density at radius 3 is 2.46 bits per heavy atom. The quantitative estimate of drug-likeness (QED) is 0.570. The van der Waals surface area contributed by atoms with Gasteiger partial charge in [0, 0.05) is 29.7 Å². The highest BCUT2D eigenvalue weighted by Crippen LogP contribution is 2.25. The van der Waals surface area contributed by atoms with E-state index in [1.54, 1.807) is 31.5 Å². The molecule has 0 aliphatic rings. The Morgan fingerprint density at radius 2 is 1.82 bits per heavy atom. The Labute approximate surface area is 163 Å². The summed E-state index contributed by atoms with van der Waals surface area (Å²) in [5, 5.41) is 16.0. The van der Waals surface area contributed by atoms with Crippen LogP contribution in [-0.2, 0) is 0 Å². The van der Waals surface area contributed by atoms with Crippen LogP contribution in [0.25, 0.3) is 11.3 Å². The lowest BCUT2D eigenvalue weighted by Crippen LogP contribution is -2.30. The number of aliphatic hydroxyl groups excluding tert-OH is 1. The van der Waals surface area contributed by atoms with Gasteiger partial charge >= 0.3 is 0 Å². The summed E-state index contributed by atoms with van der Waals surface area (Å²) in [6.07, 6.45) is 3.40. The van der Waals surface area contributed by atoms with Crippen LogP contribution in [0.1, 0.15) is 19.4 Å². The third-order valence-electron chi connectivity index (χ3n) is 4.45. The van der Waals surface area contributed by atoms with Gasteiger partial charge in [0.1, 0.15) is 11.6 Å². The summed E-state index contributed by atoms with van der Waals surface area (Å²) in [6, 6.07) is 10.2. The molecule has 3 aromatic rings. The van der Waals surface area contributed by atoms with Crippen LogP contribution < -0.4 is 10.6 Å². The van der Waals surface area contributed by atoms with Crippen LogP contribution in [0.4, 0.5) is 21.8 Å². The van der Waals surface area contributed by atoms with Crippen molar-refractivity contribution >= 4 is 17.5 Å². The van der Waals surface area contributed by atoms with Gasteiger partial charge in [-0.15, -0.1) is 0 Å². The summed E-state index contributed by atoms with van der Waals surface area (Å²) < 4.78 is 13.6. The second-order valence-electron chi connectivity index (χ2n) is 6.96. The maximum Gasteiger partial charge on any atom is 0.225 e. The van der Waals surface area contributed by atoms with Crippen molar-refractivity contribution in [1.29, 1.82) is 0 Å². The first kappa shape index (κ1) is 19.7. The first-order valence-corrected chi connectivity index (χ1v) is 9.16. The molecular formula is C21H24FN5O. The van der Waals surface area contributed by atoms with E-state index < -0.39 is 0 Å². The largest absolute Gasteiger partial charge is 0.394 e. The fraction of sp³-hybridized carbons (Fsp3) is 0.286. The Morgan fingerprint density at radius 1 is 1.07 bits per heavy atom. The van der Waals surface area contributed by atoms with Crippen molar-refractivity contribution in [3.05, 3.63) is 60.2 Å². The van der Waals surface area contributed by atoms with Gasteiger partial charge in [-0.25, -0.2) is 9.37 Å². The van der Waals surface area contributed by atoms with Gasteiger partial charge in [0.15, 0.2) is 0 Å². The van der Waals surface area contributed by atoms with E-state index in [4.69, 9.17) is 0 Å². The number of rotatable bonds is 7. The van der Waals surface area contributed by atoms with Gasteiger partial charge in [0.25, 0.3) is 0 Å². The average molecular weight is 381 g/mol. The molecule has 3 N–H and O–H groups in total. The number of nitrogens with zero attached hydrogens (tertiary/aromatic N) is 3. The van der Waals surface area contributed by atoms with Crippen molar-refractivity contribution in [2.24, 2.45) is 5.92 Å². The molecule has 146 valence electrons. The minimum absolute atomic E-state index is 0.0274. The number of benzene rings is 1. The van der Waals surface area contributed by atoms with Gasteiger partial charge in [-0.1, -0.05) is 13.8 Å². The number of anilines is 3. The third kappa shape index (κ3) is 4.80. The number of aryl methyl sites for hydroxylation is 1. The summed E-state index contributed by atoms with van der Waals surface area (Å²) in [5.74, 6) is 0.921. The standard InChI is InChI=1S/C21H24FN5O/c1-13(2)19(12-28)26-21-25-18(15-6-8-23-9-7-15)11-20(27-21)24-16-4-5-17(22)14(3)10-16/h4-11,13,19,28H,12H2,1-3H3,(H2,24,25,26,27)/t19-/m0/s1. The van der Waals surface area contributed by atoms with Crippen LogP contribution in [0.2, 0.25) is 0 Å². The van der Waals surface area contributed by atoms with Crippen LogP contribution in [-0.4, -0.2) is 32.7 Å². The second-order valence-corrected chi connectivity index (χ2v) is 6.96. The highest BCUT2D eigenvalue weighted by Gasteiger charge is 2.15. The van der Waals surface area contributed by atoms with Crippen LogP contribution in [0.3, 0.4) is 0 Å². The third-order valence-corrected chi connectivity index (χ3v) is 4.45. The molecule has 0 radical (unpaired) electrons. The predicted molar refractivity (Wildman–Crippen MR) is 109 cm³/mol. The SMILES string of the molecule is Cc1cc(Nc2cc(-c3ccncc3)nc(N[C@@H](CO)C(C)C)n2)ccc1F. The molecule has 2 heterocycles. The van der Waals surface area contributed by atoms with E-state index in [0.717, 1.165) is 11.3 Å². The fourth-order valence-electron chi connectivity index (χ4n) is 2.71. The first-order valence-electron chi connectivity index (χ1n) is 9.16. The Bertz CT molecular complexity index is 933. The van der Waals surface area contributed by atoms with Crippen molar-refractivity contribution in [1.82, 2.24) is 15.0 Å². The molecule has 0 saturated carbocycles. The van der Waals surface area contributed by atoms with Crippen molar-refractivity contribution in [3.8, 4) is 11.3 Å². The topological polar surface area (TPSA) is 83.0 Å². The highest BCUT2D eigenvalue weighted by atomic mass is 19.1. The van der Waals surface area contributed by atoms with E-state index in [1.165, 1.54) is 6.07 Å². The lowest BCUT2D eigenvalue weighted by molar-refractivity contribution is 0.248. The number of pyridine rings is 1. The van der Waals surface area contributed by atoms with Crippen molar-refractivity contribution in [2.45, 2.75) is 26.8 Å². The maximum atomic E-state index is 13.6. The Kier molecular flexibility index (Phi) is 6.16. The normalized spacial score (nSPS) is 12.1. The molecule has 6 nitrogen and oxygen atoms in total. The first-order chi connectivity index (χ1) is 13.5. The summed E-state index contributed by atoms with van der Waals surface area (Å²) in [7, 11) is 0. The maximum absolute atomic E-state index is 13.6. The van der Waals surface area contributed by atoms with E-state index in [-0.39, 0.29) is 24.4 Å². The Balaban J connectivity index is 1.97. The fourth-order valence-corrected chi connectivity index (χ4v) is 2.71. The molecule has 0 bridgehead atoms. The molecule has 0 aliphatic heterocycles. The molecule has 1 atom stereocenters. The van der Waals surface area contributed by atoms with Gasteiger partial charge in [-0.2, -0.15) is 4.98 Å². The smallest absolute Gasteiger partial charge is 0.225 e. The zero-order valence-electron chi connectivity index (χ0n) is 16.1. The zero-order valence-corrected chi connectivity index (χ0v) is 16.1. The van der Waals surface area contributed by atoms with Crippen LogP contribution in [0.15, 0.2) is 48.8 Å². The molecule has 0 fully saturated rings. The molecule has 28 heavy (non-hydrogen) atoms. The number of halogens is 1. The van der Waals surface area contributed by atoms with Crippen molar-refractivity contribution < 1.29 is 9.50 Å². The van der Waals surface area contributed by atoms with Gasteiger partial charge < -0.3 is 15.7 Å². The van der Waals surface area contributed by atoms with Gasteiger partial charge in [0.2, 0.25) is 5.95 Å². The molecule has 0 saturated heterocycles. The second kappa shape index (κ2) is 8.75. The minimum atomic E-state index is -0.254. The van der Waals surface area contributed by atoms with Gasteiger partial charge in [0.05, 0.1) is 18.3 Å². The number of nitrogens with one attached hydrogen (secondary N) is 2. The molecule has 0 aliphatic carbocycles. The summed E-state index contributed by atoms with van der Waals surface area (Å²) in [6.45, 7) is 5.72. The van der Waals surface area contributed by atoms with Crippen LogP contribution >= 0.6 is 0 Å². The molecule has 0 amide bonds. The number of aliphatic hydroxyl groups is 1. The number of aromatic nitrogens is 3. The zero-order chi connectivity index (χ0) is 20.1. The van der Waals surface area contributed by atoms with Crippen LogP contribution in [0, 0.1) is 18.7 Å². The predicted octanol–water partition coefficient (Wildman–Crippen LogP) is 4.16. The molecule has 2 aromatic heterocycles. The number of hydrogen-bond acceptors (Lipinski definition) is 6. The van der Waals surface area contributed by atoms with Gasteiger partial charge in [-0.05, 0) is 48.7 Å². The van der Waals surface area contributed by atoms with E-state index in [2.05, 4.69) is 25.6 Å². The highest BCUT2D eigenvalue weighted by molar-refractivity contribution is 5.67. The lowest BCUT2D eigenvalue weighted by atomic mass is 10.1. The average Bonchev–Trinajstić information content (AvgIpc) is 2.69. The van der Waals surface area contributed by atoms with Crippen molar-refractivity contribution in [2.75, 3.05) is 17.2 Å². The lowest BCUT2D eigenvalue weighted by Gasteiger charge is -2.20. The molecule has 7 heteroatoms. The number of hydrogen-bond donors (Lipinski definition) is 3. The van der Waals surface area contributed by atoms with Gasteiger partial charge in [-0.3, -0.25) is 4.98 Å². The monoisotopic (exact) mass is 381 g/mol. The summed E-state index contributed by atoms with van der Waals surface area (Å²) in [4.78, 5) is 13.2. The summed E-state index contributed by atoms with van der Waals surface area (Å²) in [5.41, 5.74) is 2.88.